The van der Waals surface area contributed by atoms with Crippen molar-refractivity contribution in [3.8, 4) is 17.1 Å². The zero-order valence-corrected chi connectivity index (χ0v) is 11.2. The highest BCUT2D eigenvalue weighted by atomic mass is 16.5. The van der Waals surface area contributed by atoms with Crippen LogP contribution in [0.4, 0.5) is 0 Å². The van der Waals surface area contributed by atoms with E-state index in [0.717, 1.165) is 0 Å². The quantitative estimate of drug-likeness (QED) is 0.767. The van der Waals surface area contributed by atoms with E-state index in [-0.39, 0.29) is 18.8 Å². The Labute approximate surface area is 120 Å². The van der Waals surface area contributed by atoms with Crippen LogP contribution in [-0.4, -0.2) is 28.3 Å². The molecule has 0 aliphatic carbocycles. The zero-order valence-electron chi connectivity index (χ0n) is 11.2. The Hall–Kier alpha value is -2.66. The van der Waals surface area contributed by atoms with Crippen LogP contribution < -0.4 is 10.3 Å². The molecule has 1 heterocycles. The van der Waals surface area contributed by atoms with E-state index in [1.165, 1.54) is 0 Å². The first-order chi connectivity index (χ1) is 10.3. The smallest absolute Gasteiger partial charge is 0.259 e. The van der Waals surface area contributed by atoms with Gasteiger partial charge in [0, 0.05) is 0 Å². The Morgan fingerprint density at radius 1 is 1.10 bits per heavy atom. The maximum absolute atomic E-state index is 12.1. The van der Waals surface area contributed by atoms with Crippen LogP contribution in [0.25, 0.3) is 22.3 Å². The minimum Gasteiger partial charge on any atom is -0.490 e. The second kappa shape index (κ2) is 5.76. The van der Waals surface area contributed by atoms with Crippen LogP contribution in [0.3, 0.4) is 0 Å². The van der Waals surface area contributed by atoms with E-state index in [1.54, 1.807) is 24.3 Å². The Morgan fingerprint density at radius 2 is 1.86 bits per heavy atom. The molecule has 0 unspecified atom stereocenters. The van der Waals surface area contributed by atoms with Crippen LogP contribution in [0.5, 0.6) is 5.75 Å². The molecule has 5 heteroatoms. The highest BCUT2D eigenvalue weighted by Gasteiger charge is 2.10. The molecule has 0 amide bonds. The number of aromatic nitrogens is 2. The van der Waals surface area contributed by atoms with Gasteiger partial charge in [-0.3, -0.25) is 4.79 Å². The van der Waals surface area contributed by atoms with Crippen molar-refractivity contribution in [3.63, 3.8) is 0 Å². The van der Waals surface area contributed by atoms with Crippen molar-refractivity contribution in [2.75, 3.05) is 13.2 Å². The number of H-pyrrole nitrogens is 1. The minimum absolute atomic E-state index is 0.0734. The first kappa shape index (κ1) is 13.3. The molecule has 0 bridgehead atoms. The van der Waals surface area contributed by atoms with E-state index < -0.39 is 0 Å². The third kappa shape index (κ3) is 2.64. The third-order valence-electron chi connectivity index (χ3n) is 3.10. The summed E-state index contributed by atoms with van der Waals surface area (Å²) >= 11 is 0. The number of benzene rings is 2. The van der Waals surface area contributed by atoms with Crippen LogP contribution >= 0.6 is 0 Å². The molecule has 2 aromatic carbocycles. The Kier molecular flexibility index (Phi) is 3.66. The highest BCUT2D eigenvalue weighted by molar-refractivity contribution is 5.80. The summed E-state index contributed by atoms with van der Waals surface area (Å²) in [5.74, 6) is 1.03. The lowest BCUT2D eigenvalue weighted by atomic mass is 10.1. The SMILES string of the molecule is O=c1[nH]c(-c2ccccc2OCCO)nc2ccccc12. The second-order valence-corrected chi connectivity index (χ2v) is 4.50. The van der Waals surface area contributed by atoms with Gasteiger partial charge in [-0.2, -0.15) is 0 Å². The van der Waals surface area contributed by atoms with Crippen LogP contribution in [0.2, 0.25) is 0 Å². The molecule has 0 atom stereocenters. The standard InChI is InChI=1S/C16H14N2O3/c19-9-10-21-14-8-4-2-6-12(14)15-17-13-7-3-1-5-11(13)16(20)18-15/h1-8,19H,9-10H2,(H,17,18,20). The van der Waals surface area contributed by atoms with Crippen molar-refractivity contribution in [2.45, 2.75) is 0 Å². The number of aliphatic hydroxyl groups is 1. The molecule has 3 aromatic rings. The van der Waals surface area contributed by atoms with E-state index in [0.29, 0.717) is 28.0 Å². The predicted molar refractivity (Wildman–Crippen MR) is 80.4 cm³/mol. The predicted octanol–water partition coefficient (Wildman–Crippen LogP) is 1.96. The van der Waals surface area contributed by atoms with E-state index in [1.807, 2.05) is 24.3 Å². The summed E-state index contributed by atoms with van der Waals surface area (Å²) in [6.07, 6.45) is 0. The number of nitrogens with zero attached hydrogens (tertiary/aromatic N) is 1. The van der Waals surface area contributed by atoms with Crippen LogP contribution in [0.15, 0.2) is 53.3 Å². The lowest BCUT2D eigenvalue weighted by molar-refractivity contribution is 0.202. The van der Waals surface area contributed by atoms with Gasteiger partial charge in [0.25, 0.3) is 5.56 Å². The number of nitrogens with one attached hydrogen (secondary N) is 1. The fraction of sp³-hybridized carbons (Fsp3) is 0.125. The summed E-state index contributed by atoms with van der Waals surface area (Å²) < 4.78 is 5.48. The Morgan fingerprint density at radius 3 is 2.71 bits per heavy atom. The average molecular weight is 282 g/mol. The largest absolute Gasteiger partial charge is 0.490 e. The summed E-state index contributed by atoms with van der Waals surface area (Å²) in [5.41, 5.74) is 1.13. The summed E-state index contributed by atoms with van der Waals surface area (Å²) in [4.78, 5) is 19.4. The molecule has 1 aromatic heterocycles. The molecule has 3 rings (SSSR count). The number of hydrogen-bond acceptors (Lipinski definition) is 4. The molecule has 21 heavy (non-hydrogen) atoms. The van der Waals surface area contributed by atoms with E-state index in [9.17, 15) is 4.79 Å². The number of aliphatic hydroxyl groups excluding tert-OH is 1. The van der Waals surface area contributed by atoms with Crippen molar-refractivity contribution < 1.29 is 9.84 Å². The van der Waals surface area contributed by atoms with Crippen molar-refractivity contribution in [1.29, 1.82) is 0 Å². The van der Waals surface area contributed by atoms with Gasteiger partial charge < -0.3 is 14.8 Å². The van der Waals surface area contributed by atoms with Crippen molar-refractivity contribution in [2.24, 2.45) is 0 Å². The topological polar surface area (TPSA) is 75.2 Å². The number of para-hydroxylation sites is 2. The maximum atomic E-state index is 12.1. The van der Waals surface area contributed by atoms with Gasteiger partial charge in [-0.25, -0.2) is 4.98 Å². The molecule has 0 saturated heterocycles. The maximum Gasteiger partial charge on any atom is 0.259 e. The number of aromatic amines is 1. The van der Waals surface area contributed by atoms with E-state index in [2.05, 4.69) is 9.97 Å². The van der Waals surface area contributed by atoms with Crippen LogP contribution in [0.1, 0.15) is 0 Å². The fourth-order valence-electron chi connectivity index (χ4n) is 2.16. The minimum atomic E-state index is -0.187. The average Bonchev–Trinajstić information content (AvgIpc) is 2.53. The van der Waals surface area contributed by atoms with Gasteiger partial charge in [-0.1, -0.05) is 24.3 Å². The summed E-state index contributed by atoms with van der Waals surface area (Å²) in [6.45, 7) is 0.116. The van der Waals surface area contributed by atoms with Gasteiger partial charge in [0.2, 0.25) is 0 Å². The fourth-order valence-corrected chi connectivity index (χ4v) is 2.16. The molecular formula is C16H14N2O3. The first-order valence-electron chi connectivity index (χ1n) is 6.62. The molecule has 2 N–H and O–H groups in total. The summed E-state index contributed by atoms with van der Waals surface area (Å²) in [5, 5.41) is 9.43. The lowest BCUT2D eigenvalue weighted by Gasteiger charge is -2.10. The van der Waals surface area contributed by atoms with E-state index in [4.69, 9.17) is 9.84 Å². The number of ether oxygens (including phenoxy) is 1. The van der Waals surface area contributed by atoms with Gasteiger partial charge in [0.15, 0.2) is 0 Å². The molecule has 106 valence electrons. The van der Waals surface area contributed by atoms with Crippen molar-refractivity contribution in [3.05, 3.63) is 58.9 Å². The molecule has 0 fully saturated rings. The van der Waals surface area contributed by atoms with Crippen molar-refractivity contribution in [1.82, 2.24) is 9.97 Å². The van der Waals surface area contributed by atoms with Crippen LogP contribution in [-0.2, 0) is 0 Å². The van der Waals surface area contributed by atoms with Gasteiger partial charge in [-0.05, 0) is 24.3 Å². The molecule has 0 radical (unpaired) electrons. The molecule has 0 saturated carbocycles. The van der Waals surface area contributed by atoms with E-state index >= 15 is 0 Å². The van der Waals surface area contributed by atoms with Gasteiger partial charge in [0.1, 0.15) is 18.2 Å². The van der Waals surface area contributed by atoms with Crippen LogP contribution in [0, 0.1) is 0 Å². The highest BCUT2D eigenvalue weighted by Crippen LogP contribution is 2.27. The van der Waals surface area contributed by atoms with Gasteiger partial charge in [-0.15, -0.1) is 0 Å². The Bertz CT molecular complexity index is 827. The molecular weight excluding hydrogens is 268 g/mol. The monoisotopic (exact) mass is 282 g/mol. The normalized spacial score (nSPS) is 10.7. The molecule has 0 spiro atoms. The number of fused-ring (bicyclic) bond motifs is 1. The van der Waals surface area contributed by atoms with Crippen molar-refractivity contribution >= 4 is 10.9 Å². The van der Waals surface area contributed by atoms with Gasteiger partial charge in [0.05, 0.1) is 23.1 Å². The molecule has 0 aliphatic heterocycles. The number of hydrogen-bond donors (Lipinski definition) is 2. The van der Waals surface area contributed by atoms with Gasteiger partial charge >= 0.3 is 0 Å². The molecule has 5 nitrogen and oxygen atoms in total. The summed E-state index contributed by atoms with van der Waals surface area (Å²) in [7, 11) is 0. The third-order valence-corrected chi connectivity index (χ3v) is 3.10. The lowest BCUT2D eigenvalue weighted by Crippen LogP contribution is -2.10. The second-order valence-electron chi connectivity index (χ2n) is 4.50. The summed E-state index contributed by atoms with van der Waals surface area (Å²) in [6, 6.07) is 14.4. The number of rotatable bonds is 4. The first-order valence-corrected chi connectivity index (χ1v) is 6.62. The Balaban J connectivity index is 2.14. The zero-order chi connectivity index (χ0) is 14.7. The molecule has 0 aliphatic rings.